The Morgan fingerprint density at radius 2 is 0.596 bits per heavy atom. The van der Waals surface area contributed by atoms with Crippen LogP contribution in [0.5, 0.6) is 0 Å². The van der Waals surface area contributed by atoms with Crippen LogP contribution in [0.15, 0.2) is 188 Å². The Labute approximate surface area is 274 Å². The SMILES string of the molecule is c1ccc(N(c2ccc(-c3ccc4cc5cc(-c6ccc7ccccc7c6)ccc5cc4c3)cc2)c2ccc3ccccc3c2)cc1. The first-order valence-electron chi connectivity index (χ1n) is 16.2. The zero-order valence-electron chi connectivity index (χ0n) is 25.8. The van der Waals surface area contributed by atoms with E-state index in [0.29, 0.717) is 0 Å². The van der Waals surface area contributed by atoms with Gasteiger partial charge in [-0.05, 0) is 132 Å². The van der Waals surface area contributed by atoms with Gasteiger partial charge >= 0.3 is 0 Å². The van der Waals surface area contributed by atoms with E-state index in [1.54, 1.807) is 0 Å². The molecule has 0 aliphatic heterocycles. The summed E-state index contributed by atoms with van der Waals surface area (Å²) in [6.45, 7) is 0. The molecule has 9 rings (SSSR count). The minimum Gasteiger partial charge on any atom is -0.310 e. The van der Waals surface area contributed by atoms with E-state index in [0.717, 1.165) is 17.1 Å². The van der Waals surface area contributed by atoms with Crippen molar-refractivity contribution in [3.05, 3.63) is 188 Å². The number of fused-ring (bicyclic) bond motifs is 4. The van der Waals surface area contributed by atoms with E-state index in [9.17, 15) is 0 Å². The molecule has 0 heterocycles. The van der Waals surface area contributed by atoms with E-state index in [1.807, 2.05) is 0 Å². The van der Waals surface area contributed by atoms with Gasteiger partial charge in [-0.2, -0.15) is 0 Å². The normalized spacial score (nSPS) is 11.4. The Morgan fingerprint density at radius 1 is 0.213 bits per heavy atom. The molecule has 0 aromatic heterocycles. The molecule has 0 aliphatic rings. The summed E-state index contributed by atoms with van der Waals surface area (Å²) in [5.41, 5.74) is 8.32. The molecule has 47 heavy (non-hydrogen) atoms. The molecule has 0 amide bonds. The second-order valence-corrected chi connectivity index (χ2v) is 12.3. The maximum atomic E-state index is 2.33. The van der Waals surface area contributed by atoms with Crippen molar-refractivity contribution in [3.63, 3.8) is 0 Å². The molecule has 0 aliphatic carbocycles. The predicted molar refractivity (Wildman–Crippen MR) is 202 cm³/mol. The van der Waals surface area contributed by atoms with E-state index in [2.05, 4.69) is 193 Å². The molecule has 0 unspecified atom stereocenters. The zero-order chi connectivity index (χ0) is 31.2. The monoisotopic (exact) mass is 597 g/mol. The average Bonchev–Trinajstić information content (AvgIpc) is 3.14. The van der Waals surface area contributed by atoms with Gasteiger partial charge in [0, 0.05) is 17.1 Å². The van der Waals surface area contributed by atoms with Gasteiger partial charge in [0.1, 0.15) is 0 Å². The fraction of sp³-hybridized carbons (Fsp3) is 0. The molecule has 0 radical (unpaired) electrons. The number of hydrogen-bond donors (Lipinski definition) is 0. The summed E-state index contributed by atoms with van der Waals surface area (Å²) in [6, 6.07) is 68.3. The Bertz CT molecular complexity index is 2560. The van der Waals surface area contributed by atoms with Crippen molar-refractivity contribution in [2.24, 2.45) is 0 Å². The van der Waals surface area contributed by atoms with Crippen molar-refractivity contribution in [2.75, 3.05) is 4.90 Å². The van der Waals surface area contributed by atoms with E-state index in [4.69, 9.17) is 0 Å². The topological polar surface area (TPSA) is 3.24 Å². The molecule has 0 bridgehead atoms. The standard InChI is InChI=1S/C46H31N/c1-2-12-44(13-3-1)47(46-25-22-33-9-5-7-11-36(33)31-46)45-23-20-34(21-24-45)37-16-18-40-30-43-28-39(17-19-41(43)29-42(40)27-37)38-15-14-32-8-4-6-10-35(32)26-38/h1-31H. The molecule has 220 valence electrons. The molecule has 1 heteroatoms. The average molecular weight is 598 g/mol. The quantitative estimate of drug-likeness (QED) is 0.178. The molecule has 0 fully saturated rings. The van der Waals surface area contributed by atoms with Crippen LogP contribution in [0.3, 0.4) is 0 Å². The Morgan fingerprint density at radius 3 is 1.21 bits per heavy atom. The Kier molecular flexibility index (Phi) is 6.54. The minimum absolute atomic E-state index is 1.13. The summed E-state index contributed by atoms with van der Waals surface area (Å²) in [5.74, 6) is 0. The van der Waals surface area contributed by atoms with Crippen LogP contribution in [0.1, 0.15) is 0 Å². The lowest BCUT2D eigenvalue weighted by Gasteiger charge is -2.26. The van der Waals surface area contributed by atoms with Gasteiger partial charge in [0.2, 0.25) is 0 Å². The summed E-state index contributed by atoms with van der Waals surface area (Å²) >= 11 is 0. The van der Waals surface area contributed by atoms with Crippen molar-refractivity contribution in [3.8, 4) is 22.3 Å². The first-order chi connectivity index (χ1) is 23.2. The van der Waals surface area contributed by atoms with Gasteiger partial charge in [-0.15, -0.1) is 0 Å². The van der Waals surface area contributed by atoms with Crippen LogP contribution >= 0.6 is 0 Å². The first kappa shape index (κ1) is 27.2. The van der Waals surface area contributed by atoms with Crippen LogP contribution in [0.2, 0.25) is 0 Å². The second kappa shape index (κ2) is 11.3. The number of rotatable bonds is 5. The third kappa shape index (κ3) is 5.09. The molecular weight excluding hydrogens is 567 g/mol. The van der Waals surface area contributed by atoms with Gasteiger partial charge < -0.3 is 4.90 Å². The molecule has 1 nitrogen and oxygen atoms in total. The summed E-state index contributed by atoms with van der Waals surface area (Å²) in [7, 11) is 0. The molecule has 9 aromatic rings. The highest BCUT2D eigenvalue weighted by atomic mass is 15.1. The summed E-state index contributed by atoms with van der Waals surface area (Å²) in [5, 5.41) is 10.0. The first-order valence-corrected chi connectivity index (χ1v) is 16.2. The highest BCUT2D eigenvalue weighted by Crippen LogP contribution is 2.38. The summed E-state index contributed by atoms with van der Waals surface area (Å²) in [6.07, 6.45) is 0. The van der Waals surface area contributed by atoms with Gasteiger partial charge in [-0.1, -0.05) is 121 Å². The third-order valence-electron chi connectivity index (χ3n) is 9.34. The molecule has 0 atom stereocenters. The highest BCUT2D eigenvalue weighted by molar-refractivity contribution is 6.01. The maximum Gasteiger partial charge on any atom is 0.0468 e. The number of hydrogen-bond acceptors (Lipinski definition) is 1. The van der Waals surface area contributed by atoms with Crippen molar-refractivity contribution in [1.82, 2.24) is 0 Å². The van der Waals surface area contributed by atoms with Gasteiger partial charge in [0.25, 0.3) is 0 Å². The van der Waals surface area contributed by atoms with Gasteiger partial charge in [0.05, 0.1) is 0 Å². The molecule has 0 spiro atoms. The minimum atomic E-state index is 1.13. The van der Waals surface area contributed by atoms with E-state index in [1.165, 1.54) is 65.3 Å². The van der Waals surface area contributed by atoms with Crippen molar-refractivity contribution in [1.29, 1.82) is 0 Å². The van der Waals surface area contributed by atoms with Gasteiger partial charge in [-0.3, -0.25) is 0 Å². The van der Waals surface area contributed by atoms with Crippen molar-refractivity contribution < 1.29 is 0 Å². The fourth-order valence-electron chi connectivity index (χ4n) is 6.87. The molecule has 9 aromatic carbocycles. The predicted octanol–water partition coefficient (Wildman–Crippen LogP) is 13.1. The van der Waals surface area contributed by atoms with Crippen LogP contribution in [0.25, 0.3) is 65.3 Å². The second-order valence-electron chi connectivity index (χ2n) is 12.3. The molecule has 0 N–H and O–H groups in total. The molecular formula is C46H31N. The number of nitrogens with zero attached hydrogens (tertiary/aromatic N) is 1. The van der Waals surface area contributed by atoms with Gasteiger partial charge in [0.15, 0.2) is 0 Å². The van der Waals surface area contributed by atoms with Crippen LogP contribution in [-0.4, -0.2) is 0 Å². The van der Waals surface area contributed by atoms with E-state index >= 15 is 0 Å². The Balaban J connectivity index is 1.05. The molecule has 0 saturated carbocycles. The molecule has 0 saturated heterocycles. The van der Waals surface area contributed by atoms with Crippen LogP contribution < -0.4 is 4.90 Å². The Hall–Kier alpha value is -6.18. The lowest BCUT2D eigenvalue weighted by Crippen LogP contribution is -2.09. The van der Waals surface area contributed by atoms with Crippen molar-refractivity contribution in [2.45, 2.75) is 0 Å². The smallest absolute Gasteiger partial charge is 0.0468 e. The summed E-state index contributed by atoms with van der Waals surface area (Å²) < 4.78 is 0. The van der Waals surface area contributed by atoms with Crippen molar-refractivity contribution >= 4 is 60.2 Å². The lowest BCUT2D eigenvalue weighted by molar-refractivity contribution is 1.29. The third-order valence-corrected chi connectivity index (χ3v) is 9.34. The van der Waals surface area contributed by atoms with E-state index < -0.39 is 0 Å². The van der Waals surface area contributed by atoms with Gasteiger partial charge in [-0.25, -0.2) is 0 Å². The van der Waals surface area contributed by atoms with Crippen LogP contribution in [0.4, 0.5) is 17.1 Å². The highest BCUT2D eigenvalue weighted by Gasteiger charge is 2.13. The number of benzene rings is 9. The number of anilines is 3. The number of para-hydroxylation sites is 1. The zero-order valence-corrected chi connectivity index (χ0v) is 25.8. The maximum absolute atomic E-state index is 2.33. The fourth-order valence-corrected chi connectivity index (χ4v) is 6.87. The van der Waals surface area contributed by atoms with Crippen LogP contribution in [0, 0.1) is 0 Å². The summed E-state index contributed by atoms with van der Waals surface area (Å²) in [4.78, 5) is 2.33. The largest absolute Gasteiger partial charge is 0.310 e. The lowest BCUT2D eigenvalue weighted by atomic mass is 9.95. The van der Waals surface area contributed by atoms with E-state index in [-0.39, 0.29) is 0 Å². The van der Waals surface area contributed by atoms with Crippen LogP contribution in [-0.2, 0) is 0 Å².